The maximum atomic E-state index is 14.2. The van der Waals surface area contributed by atoms with Gasteiger partial charge in [-0.15, -0.1) is 0 Å². The van der Waals surface area contributed by atoms with E-state index >= 15 is 0 Å². The van der Waals surface area contributed by atoms with Crippen LogP contribution < -0.4 is 11.1 Å². The van der Waals surface area contributed by atoms with E-state index in [1.54, 1.807) is 13.1 Å². The molecular weight excluding hydrogens is 376 g/mol. The minimum Gasteiger partial charge on any atom is -0.287 e. The third kappa shape index (κ3) is 2.31. The molecule has 1 unspecified atom stereocenters. The maximum Gasteiger partial charge on any atom is 0.330 e. The average molecular weight is 392 g/mol. The summed E-state index contributed by atoms with van der Waals surface area (Å²) in [4.78, 5) is 21.8. The lowest BCUT2D eigenvalue weighted by Crippen LogP contribution is -2.37. The molecule has 6 nitrogen and oxygen atoms in total. The summed E-state index contributed by atoms with van der Waals surface area (Å²) in [5.74, 6) is 0.0901. The van der Waals surface area contributed by atoms with Crippen LogP contribution in [0.1, 0.15) is 17.0 Å². The lowest BCUT2D eigenvalue weighted by Gasteiger charge is -2.15. The summed E-state index contributed by atoms with van der Waals surface area (Å²) in [6.07, 6.45) is 0. The molecule has 0 saturated heterocycles. The number of nitrogens with zero attached hydrogens (tertiary/aromatic N) is 5. The lowest BCUT2D eigenvalue weighted by molar-refractivity contribution is 0.592. The fourth-order valence-corrected chi connectivity index (χ4v) is 3.83. The molecule has 4 rings (SSSR count). The first-order valence-electron chi connectivity index (χ1n) is 7.94. The summed E-state index contributed by atoms with van der Waals surface area (Å²) < 4.78 is 19.1. The molecule has 0 fully saturated rings. The van der Waals surface area contributed by atoms with Gasteiger partial charge in [-0.1, -0.05) is 26.9 Å². The van der Waals surface area contributed by atoms with Crippen molar-refractivity contribution in [2.75, 3.05) is 0 Å². The lowest BCUT2D eigenvalue weighted by atomic mass is 10.2. The van der Waals surface area contributed by atoms with Gasteiger partial charge in [-0.3, -0.25) is 13.5 Å². The molecule has 1 atom stereocenters. The maximum absolute atomic E-state index is 14.2. The number of hydrogen-bond donors (Lipinski definition) is 0. The molecule has 4 aromatic rings. The molecular formula is C17H16ClFN5OP. The summed E-state index contributed by atoms with van der Waals surface area (Å²) >= 11 is 6.15. The highest BCUT2D eigenvalue weighted by Gasteiger charge is 2.20. The van der Waals surface area contributed by atoms with Gasteiger partial charge in [-0.2, -0.15) is 4.98 Å². The molecule has 1 aromatic carbocycles. The monoisotopic (exact) mass is 391 g/mol. The summed E-state index contributed by atoms with van der Waals surface area (Å²) in [5, 5.41) is 0.282. The molecule has 0 saturated carbocycles. The van der Waals surface area contributed by atoms with Crippen LogP contribution in [0.5, 0.6) is 0 Å². The highest BCUT2D eigenvalue weighted by molar-refractivity contribution is 7.27. The van der Waals surface area contributed by atoms with Crippen LogP contribution in [0.4, 0.5) is 4.39 Å². The fraction of sp³-hybridized carbons (Fsp3) is 0.235. The first-order chi connectivity index (χ1) is 12.3. The van der Waals surface area contributed by atoms with Crippen molar-refractivity contribution in [3.05, 3.63) is 56.5 Å². The van der Waals surface area contributed by atoms with E-state index in [0.717, 1.165) is 16.9 Å². The number of aromatic nitrogens is 5. The summed E-state index contributed by atoms with van der Waals surface area (Å²) in [5.41, 5.74) is 3.66. The molecule has 134 valence electrons. The molecule has 0 amide bonds. The Kier molecular flexibility index (Phi) is 3.90. The molecule has 0 aliphatic heterocycles. The van der Waals surface area contributed by atoms with Crippen LogP contribution in [0.25, 0.3) is 16.9 Å². The predicted molar refractivity (Wildman–Crippen MR) is 103 cm³/mol. The largest absolute Gasteiger partial charge is 0.330 e. The van der Waals surface area contributed by atoms with Gasteiger partial charge in [0.05, 0.1) is 17.7 Å². The van der Waals surface area contributed by atoms with E-state index in [4.69, 9.17) is 11.6 Å². The molecule has 9 heteroatoms. The molecule has 0 aliphatic carbocycles. The van der Waals surface area contributed by atoms with E-state index < -0.39 is 5.82 Å². The molecule has 26 heavy (non-hydrogen) atoms. The predicted octanol–water partition coefficient (Wildman–Crippen LogP) is 2.34. The van der Waals surface area contributed by atoms with Crippen LogP contribution in [0.2, 0.25) is 5.02 Å². The third-order valence-corrected chi connectivity index (χ3v) is 5.65. The van der Waals surface area contributed by atoms with Gasteiger partial charge in [-0.25, -0.2) is 14.2 Å². The number of fused-ring (bicyclic) bond motifs is 3. The van der Waals surface area contributed by atoms with Crippen molar-refractivity contribution in [2.45, 2.75) is 20.4 Å². The topological polar surface area (TPSA) is 57.1 Å². The van der Waals surface area contributed by atoms with Crippen LogP contribution in [-0.2, 0) is 13.6 Å². The standard InChI is InChI=1S/C17H16ClFN5OP/c1-8-9(2)24-13-14(21-16(24)20-8)22(3)17(25)23(15(13)26)7-10-11(18)5-4-6-12(10)19/h4-6H,7,26H2,1-3H3. The van der Waals surface area contributed by atoms with Gasteiger partial charge in [0, 0.05) is 23.3 Å². The zero-order chi connectivity index (χ0) is 18.7. The van der Waals surface area contributed by atoms with Gasteiger partial charge in [0.25, 0.3) is 0 Å². The zero-order valence-corrected chi connectivity index (χ0v) is 16.3. The number of halogens is 2. The van der Waals surface area contributed by atoms with Gasteiger partial charge in [0.1, 0.15) is 11.3 Å². The Morgan fingerprint density at radius 3 is 2.69 bits per heavy atom. The highest BCUT2D eigenvalue weighted by Crippen LogP contribution is 2.22. The third-order valence-electron chi connectivity index (χ3n) is 4.71. The molecule has 0 bridgehead atoms. The highest BCUT2D eigenvalue weighted by atomic mass is 35.5. The van der Waals surface area contributed by atoms with E-state index in [9.17, 15) is 9.18 Å². The van der Waals surface area contributed by atoms with Crippen molar-refractivity contribution >= 4 is 43.2 Å². The van der Waals surface area contributed by atoms with Gasteiger partial charge >= 0.3 is 5.69 Å². The van der Waals surface area contributed by atoms with E-state index in [2.05, 4.69) is 19.2 Å². The van der Waals surface area contributed by atoms with E-state index in [1.165, 1.54) is 21.3 Å². The van der Waals surface area contributed by atoms with Gasteiger partial charge in [0.15, 0.2) is 5.65 Å². The Hall–Kier alpha value is -2.24. The quantitative estimate of drug-likeness (QED) is 0.493. The summed E-state index contributed by atoms with van der Waals surface area (Å²) in [6.45, 7) is 3.88. The van der Waals surface area contributed by atoms with Crippen molar-refractivity contribution < 1.29 is 4.39 Å². The zero-order valence-electron chi connectivity index (χ0n) is 14.4. The van der Waals surface area contributed by atoms with Crippen molar-refractivity contribution in [2.24, 2.45) is 7.05 Å². The fourth-order valence-electron chi connectivity index (χ4n) is 3.14. The normalized spacial score (nSPS) is 11.8. The van der Waals surface area contributed by atoms with Crippen molar-refractivity contribution in [3.8, 4) is 0 Å². The number of aryl methyl sites for hydroxylation is 3. The van der Waals surface area contributed by atoms with Crippen LogP contribution in [-0.4, -0.2) is 23.5 Å². The molecule has 0 radical (unpaired) electrons. The first-order valence-corrected chi connectivity index (χ1v) is 8.90. The van der Waals surface area contributed by atoms with Crippen molar-refractivity contribution in [1.29, 1.82) is 0 Å². The Morgan fingerprint density at radius 1 is 1.27 bits per heavy atom. The van der Waals surface area contributed by atoms with Crippen LogP contribution in [0.15, 0.2) is 23.0 Å². The summed E-state index contributed by atoms with van der Waals surface area (Å²) in [6, 6.07) is 4.48. The Balaban J connectivity index is 2.07. The second-order valence-corrected chi connectivity index (χ2v) is 7.17. The number of rotatable bonds is 2. The second-order valence-electron chi connectivity index (χ2n) is 6.22. The molecule has 0 N–H and O–H groups in total. The smallest absolute Gasteiger partial charge is 0.287 e. The molecule has 0 aliphatic rings. The van der Waals surface area contributed by atoms with Gasteiger partial charge in [0.2, 0.25) is 5.78 Å². The SMILES string of the molecule is Cc1nc2nc3c(c(P)n(Cc4c(F)cccc4Cl)c(=O)n3C)n2c1C. The Bertz CT molecular complexity index is 1240. The number of hydrogen-bond acceptors (Lipinski definition) is 3. The van der Waals surface area contributed by atoms with Gasteiger partial charge < -0.3 is 0 Å². The molecule has 3 aromatic heterocycles. The minimum absolute atomic E-state index is 0.0202. The van der Waals surface area contributed by atoms with Crippen molar-refractivity contribution in [3.63, 3.8) is 0 Å². The van der Waals surface area contributed by atoms with E-state index in [-0.39, 0.29) is 22.8 Å². The number of benzene rings is 1. The number of imidazole rings is 2. The van der Waals surface area contributed by atoms with Crippen molar-refractivity contribution in [1.82, 2.24) is 23.5 Å². The van der Waals surface area contributed by atoms with Crippen LogP contribution >= 0.6 is 20.8 Å². The second kappa shape index (κ2) is 5.89. The van der Waals surface area contributed by atoms with Crippen LogP contribution in [0.3, 0.4) is 0 Å². The Morgan fingerprint density at radius 2 is 2.00 bits per heavy atom. The first kappa shape index (κ1) is 17.2. The molecule has 0 spiro atoms. The Labute approximate surface area is 155 Å². The minimum atomic E-state index is -0.447. The van der Waals surface area contributed by atoms with Gasteiger partial charge in [-0.05, 0) is 26.0 Å². The van der Waals surface area contributed by atoms with E-state index in [1.807, 2.05) is 18.2 Å². The molecule has 3 heterocycles. The summed E-state index contributed by atoms with van der Waals surface area (Å²) in [7, 11) is 4.22. The van der Waals surface area contributed by atoms with E-state index in [0.29, 0.717) is 16.9 Å². The van der Waals surface area contributed by atoms with Crippen LogP contribution in [0, 0.1) is 19.7 Å². The average Bonchev–Trinajstić information content (AvgIpc) is 3.09.